The molecule has 1 aliphatic heterocycles. The van der Waals surface area contributed by atoms with Gasteiger partial charge in [-0.15, -0.1) is 5.10 Å². The van der Waals surface area contributed by atoms with Gasteiger partial charge >= 0.3 is 0 Å². The van der Waals surface area contributed by atoms with E-state index in [0.29, 0.717) is 12.5 Å². The van der Waals surface area contributed by atoms with Gasteiger partial charge < -0.3 is 10.5 Å². The Bertz CT molecular complexity index is 326. The number of rotatable bonds is 4. The lowest BCUT2D eigenvalue weighted by molar-refractivity contribution is 0.0843. The smallest absolute Gasteiger partial charge is 0.151 e. The molecule has 1 saturated heterocycles. The average Bonchev–Trinajstić information content (AvgIpc) is 2.38. The van der Waals surface area contributed by atoms with Crippen molar-refractivity contribution >= 4 is 0 Å². The van der Waals surface area contributed by atoms with Crippen LogP contribution in [0.25, 0.3) is 0 Å². The molecule has 0 aliphatic carbocycles. The molecule has 0 saturated carbocycles. The van der Waals surface area contributed by atoms with E-state index < -0.39 is 0 Å². The zero-order valence-corrected chi connectivity index (χ0v) is 9.43. The van der Waals surface area contributed by atoms with E-state index in [9.17, 15) is 0 Å². The Morgan fingerprint density at radius 3 is 2.94 bits per heavy atom. The summed E-state index contributed by atoms with van der Waals surface area (Å²) in [6.45, 7) is 2.32. The molecule has 0 bridgehead atoms. The Hall–Kier alpha value is -1.07. The van der Waals surface area contributed by atoms with Gasteiger partial charge in [-0.3, -0.25) is 0 Å². The molecule has 0 atom stereocenters. The zero-order valence-electron chi connectivity index (χ0n) is 9.43. The third-order valence-electron chi connectivity index (χ3n) is 2.87. The molecular formula is C11H18N4O. The number of hydrogen-bond acceptors (Lipinski definition) is 5. The lowest BCUT2D eigenvalue weighted by Gasteiger charge is -2.21. The van der Waals surface area contributed by atoms with Crippen molar-refractivity contribution in [3.63, 3.8) is 0 Å². The van der Waals surface area contributed by atoms with E-state index in [-0.39, 0.29) is 0 Å². The summed E-state index contributed by atoms with van der Waals surface area (Å²) in [5.41, 5.74) is 6.53. The third-order valence-corrected chi connectivity index (χ3v) is 2.87. The van der Waals surface area contributed by atoms with Crippen molar-refractivity contribution in [1.82, 2.24) is 15.2 Å². The largest absolute Gasteiger partial charge is 0.381 e. The van der Waals surface area contributed by atoms with E-state index >= 15 is 0 Å². The molecule has 0 spiro atoms. The molecule has 1 aromatic heterocycles. The molecule has 0 aromatic carbocycles. The molecule has 0 unspecified atom stereocenters. The number of hydrogen-bond donors (Lipinski definition) is 1. The maximum Gasteiger partial charge on any atom is 0.151 e. The number of aromatic nitrogens is 3. The van der Waals surface area contributed by atoms with Gasteiger partial charge in [-0.2, -0.15) is 5.10 Å². The Kier molecular flexibility index (Phi) is 4.18. The molecular weight excluding hydrogens is 204 g/mol. The first-order chi connectivity index (χ1) is 7.90. The van der Waals surface area contributed by atoms with Crippen LogP contribution in [0.5, 0.6) is 0 Å². The molecule has 1 fully saturated rings. The van der Waals surface area contributed by atoms with E-state index in [4.69, 9.17) is 10.5 Å². The first-order valence-electron chi connectivity index (χ1n) is 5.86. The van der Waals surface area contributed by atoms with Gasteiger partial charge in [-0.1, -0.05) is 0 Å². The van der Waals surface area contributed by atoms with Crippen molar-refractivity contribution in [1.29, 1.82) is 0 Å². The Morgan fingerprint density at radius 2 is 2.19 bits per heavy atom. The van der Waals surface area contributed by atoms with Crippen LogP contribution in [0.3, 0.4) is 0 Å². The monoisotopic (exact) mass is 222 g/mol. The van der Waals surface area contributed by atoms with Gasteiger partial charge in [-0.05, 0) is 25.8 Å². The molecule has 88 valence electrons. The van der Waals surface area contributed by atoms with Gasteiger partial charge in [0.25, 0.3) is 0 Å². The number of nitrogens with zero attached hydrogens (tertiary/aromatic N) is 3. The molecule has 16 heavy (non-hydrogen) atoms. The summed E-state index contributed by atoms with van der Waals surface area (Å²) in [6, 6.07) is 0. The second-order valence-corrected chi connectivity index (χ2v) is 4.08. The predicted octanol–water partition coefficient (Wildman–Crippen LogP) is 0.657. The summed E-state index contributed by atoms with van der Waals surface area (Å²) in [4.78, 5) is 4.55. The summed E-state index contributed by atoms with van der Waals surface area (Å²) < 4.78 is 5.34. The SMILES string of the molecule is NCCCc1nncc(C2CCOCC2)n1. The van der Waals surface area contributed by atoms with Gasteiger partial charge in [0.2, 0.25) is 0 Å². The standard InChI is InChI=1S/C11H18N4O/c12-5-1-2-11-14-10(8-13-15-11)9-3-6-16-7-4-9/h8-9H,1-7,12H2. The normalized spacial score (nSPS) is 17.6. The maximum atomic E-state index is 5.46. The summed E-state index contributed by atoms with van der Waals surface area (Å²) in [6.07, 6.45) is 5.59. The molecule has 1 aliphatic rings. The van der Waals surface area contributed by atoms with Gasteiger partial charge in [0.1, 0.15) is 0 Å². The maximum absolute atomic E-state index is 5.46. The molecule has 2 N–H and O–H groups in total. The number of aryl methyl sites for hydroxylation is 1. The second-order valence-electron chi connectivity index (χ2n) is 4.08. The Labute approximate surface area is 95.4 Å². The Balaban J connectivity index is 2.02. The second kappa shape index (κ2) is 5.86. The van der Waals surface area contributed by atoms with Crippen LogP contribution in [0, 0.1) is 0 Å². The lowest BCUT2D eigenvalue weighted by Crippen LogP contribution is -2.16. The van der Waals surface area contributed by atoms with E-state index in [1.54, 1.807) is 6.20 Å². The van der Waals surface area contributed by atoms with E-state index in [0.717, 1.165) is 50.4 Å². The lowest BCUT2D eigenvalue weighted by atomic mass is 9.97. The zero-order chi connectivity index (χ0) is 11.2. The van der Waals surface area contributed by atoms with Crippen molar-refractivity contribution < 1.29 is 4.74 Å². The van der Waals surface area contributed by atoms with Gasteiger partial charge in [0.15, 0.2) is 5.82 Å². The van der Waals surface area contributed by atoms with Crippen LogP contribution < -0.4 is 5.73 Å². The molecule has 5 nitrogen and oxygen atoms in total. The minimum atomic E-state index is 0.487. The van der Waals surface area contributed by atoms with Crippen LogP contribution in [0.2, 0.25) is 0 Å². The highest BCUT2D eigenvalue weighted by Crippen LogP contribution is 2.24. The summed E-state index contributed by atoms with van der Waals surface area (Å²) >= 11 is 0. The van der Waals surface area contributed by atoms with Crippen molar-refractivity contribution in [2.45, 2.75) is 31.6 Å². The van der Waals surface area contributed by atoms with Crippen LogP contribution >= 0.6 is 0 Å². The minimum Gasteiger partial charge on any atom is -0.381 e. The Morgan fingerprint density at radius 1 is 1.38 bits per heavy atom. The molecule has 1 aromatic rings. The van der Waals surface area contributed by atoms with E-state index in [2.05, 4.69) is 15.2 Å². The van der Waals surface area contributed by atoms with Gasteiger partial charge in [-0.25, -0.2) is 4.98 Å². The first-order valence-corrected chi connectivity index (χ1v) is 5.86. The molecule has 2 rings (SSSR count). The number of nitrogens with two attached hydrogens (primary N) is 1. The third kappa shape index (κ3) is 2.96. The van der Waals surface area contributed by atoms with E-state index in [1.165, 1.54) is 0 Å². The molecule has 2 heterocycles. The van der Waals surface area contributed by atoms with E-state index in [1.807, 2.05) is 0 Å². The molecule has 5 heteroatoms. The number of ether oxygens (including phenoxy) is 1. The van der Waals surface area contributed by atoms with Crippen molar-refractivity contribution in [2.24, 2.45) is 5.73 Å². The average molecular weight is 222 g/mol. The predicted molar refractivity (Wildman–Crippen MR) is 60.0 cm³/mol. The first kappa shape index (κ1) is 11.4. The fourth-order valence-electron chi connectivity index (χ4n) is 1.91. The summed E-state index contributed by atoms with van der Waals surface area (Å²) in [5.74, 6) is 1.30. The van der Waals surface area contributed by atoms with Crippen molar-refractivity contribution in [3.8, 4) is 0 Å². The van der Waals surface area contributed by atoms with Crippen molar-refractivity contribution in [2.75, 3.05) is 19.8 Å². The fraction of sp³-hybridized carbons (Fsp3) is 0.727. The highest BCUT2D eigenvalue weighted by molar-refractivity contribution is 5.05. The highest BCUT2D eigenvalue weighted by Gasteiger charge is 2.17. The fourth-order valence-corrected chi connectivity index (χ4v) is 1.91. The van der Waals surface area contributed by atoms with Gasteiger partial charge in [0, 0.05) is 25.6 Å². The van der Waals surface area contributed by atoms with Gasteiger partial charge in [0.05, 0.1) is 11.9 Å². The minimum absolute atomic E-state index is 0.487. The van der Waals surface area contributed by atoms with Crippen LogP contribution in [0.15, 0.2) is 6.20 Å². The van der Waals surface area contributed by atoms with Crippen LogP contribution in [0.1, 0.15) is 36.7 Å². The summed E-state index contributed by atoms with van der Waals surface area (Å²) in [7, 11) is 0. The molecule has 0 radical (unpaired) electrons. The topological polar surface area (TPSA) is 73.9 Å². The highest BCUT2D eigenvalue weighted by atomic mass is 16.5. The van der Waals surface area contributed by atoms with Crippen LogP contribution in [-0.2, 0) is 11.2 Å². The van der Waals surface area contributed by atoms with Crippen molar-refractivity contribution in [3.05, 3.63) is 17.7 Å². The van der Waals surface area contributed by atoms with Crippen LogP contribution in [-0.4, -0.2) is 34.9 Å². The molecule has 0 amide bonds. The van der Waals surface area contributed by atoms with Crippen LogP contribution in [0.4, 0.5) is 0 Å². The summed E-state index contributed by atoms with van der Waals surface area (Å²) in [5, 5.41) is 8.04. The quantitative estimate of drug-likeness (QED) is 0.810.